The molecule has 0 saturated carbocycles. The number of hydrogen-bond donors (Lipinski definition) is 1. The highest BCUT2D eigenvalue weighted by Gasteiger charge is 2.18. The molecule has 0 aromatic heterocycles. The lowest BCUT2D eigenvalue weighted by Crippen LogP contribution is -2.13. The second-order valence-electron chi connectivity index (χ2n) is 3.98. The second kappa shape index (κ2) is 5.46. The summed E-state index contributed by atoms with van der Waals surface area (Å²) in [6.45, 7) is 0. The van der Waals surface area contributed by atoms with Crippen LogP contribution in [0.15, 0.2) is 23.1 Å². The number of hydrogen-bond acceptors (Lipinski definition) is 5. The zero-order valence-corrected chi connectivity index (χ0v) is 12.1. The molecule has 0 saturated heterocycles. The van der Waals surface area contributed by atoms with Crippen molar-refractivity contribution >= 4 is 37.0 Å². The van der Waals surface area contributed by atoms with E-state index in [1.54, 1.807) is 0 Å². The van der Waals surface area contributed by atoms with Gasteiger partial charge in [-0.05, 0) is 24.6 Å². The van der Waals surface area contributed by atoms with Gasteiger partial charge < -0.3 is 5.73 Å². The van der Waals surface area contributed by atoms with Gasteiger partial charge in [-0.3, -0.25) is 0 Å². The molecule has 0 unspecified atom stereocenters. The molecule has 0 spiro atoms. The summed E-state index contributed by atoms with van der Waals surface area (Å²) in [5.41, 5.74) is 5.69. The minimum Gasteiger partial charge on any atom is -0.398 e. The van der Waals surface area contributed by atoms with Crippen molar-refractivity contribution in [1.29, 1.82) is 0 Å². The van der Waals surface area contributed by atoms with Crippen LogP contribution in [-0.2, 0) is 19.7 Å². The topological polar surface area (TPSA) is 94.3 Å². The SMILES string of the molecule is CS(=O)(=O)CCCS(=O)(=O)c1cc(Cl)ccc1N. The fourth-order valence-electron chi connectivity index (χ4n) is 1.40. The smallest absolute Gasteiger partial charge is 0.180 e. The fraction of sp³-hybridized carbons (Fsp3) is 0.400. The molecule has 1 rings (SSSR count). The molecule has 0 heterocycles. The lowest BCUT2D eigenvalue weighted by molar-refractivity contribution is 0.592. The van der Waals surface area contributed by atoms with Crippen LogP contribution in [0.3, 0.4) is 0 Å². The van der Waals surface area contributed by atoms with Gasteiger partial charge in [0.2, 0.25) is 0 Å². The molecule has 18 heavy (non-hydrogen) atoms. The highest BCUT2D eigenvalue weighted by atomic mass is 35.5. The third-order valence-corrected chi connectivity index (χ3v) is 5.35. The van der Waals surface area contributed by atoms with Crippen LogP contribution in [0.2, 0.25) is 5.02 Å². The maximum atomic E-state index is 12.0. The molecule has 2 N–H and O–H groups in total. The van der Waals surface area contributed by atoms with Gasteiger partial charge in [-0.15, -0.1) is 0 Å². The molecule has 1 aromatic rings. The summed E-state index contributed by atoms with van der Waals surface area (Å²) in [5, 5.41) is 0.269. The largest absolute Gasteiger partial charge is 0.398 e. The third kappa shape index (κ3) is 4.47. The first-order valence-electron chi connectivity index (χ1n) is 5.07. The molecule has 8 heteroatoms. The maximum absolute atomic E-state index is 12.0. The molecule has 1 aromatic carbocycles. The Kier molecular flexibility index (Phi) is 4.63. The van der Waals surface area contributed by atoms with Gasteiger partial charge in [-0.1, -0.05) is 11.6 Å². The van der Waals surface area contributed by atoms with Gasteiger partial charge in [0.1, 0.15) is 9.84 Å². The van der Waals surface area contributed by atoms with Crippen LogP contribution in [0.25, 0.3) is 0 Å². The second-order valence-corrected chi connectivity index (χ2v) is 8.76. The Bertz CT molecular complexity index is 638. The van der Waals surface area contributed by atoms with Gasteiger partial charge in [0.05, 0.1) is 22.1 Å². The molecule has 0 radical (unpaired) electrons. The molecule has 0 aliphatic heterocycles. The van der Waals surface area contributed by atoms with Crippen LogP contribution in [-0.4, -0.2) is 34.6 Å². The molecule has 102 valence electrons. The van der Waals surface area contributed by atoms with E-state index in [1.165, 1.54) is 18.2 Å². The molecule has 0 fully saturated rings. The van der Waals surface area contributed by atoms with E-state index in [2.05, 4.69) is 0 Å². The average Bonchev–Trinajstić information content (AvgIpc) is 2.19. The average molecular weight is 312 g/mol. The summed E-state index contributed by atoms with van der Waals surface area (Å²) < 4.78 is 45.8. The molecule has 0 atom stereocenters. The minimum atomic E-state index is -3.61. The van der Waals surface area contributed by atoms with E-state index in [0.29, 0.717) is 0 Å². The molecular formula is C10H14ClNO4S2. The van der Waals surface area contributed by atoms with Gasteiger partial charge in [0.15, 0.2) is 9.84 Å². The lowest BCUT2D eigenvalue weighted by Gasteiger charge is -2.07. The first-order chi connectivity index (χ1) is 8.12. The van der Waals surface area contributed by atoms with Crippen molar-refractivity contribution in [2.45, 2.75) is 11.3 Å². The monoisotopic (exact) mass is 311 g/mol. The summed E-state index contributed by atoms with van der Waals surface area (Å²) in [7, 11) is -6.78. The predicted molar refractivity (Wildman–Crippen MR) is 72.2 cm³/mol. The molecular weight excluding hydrogens is 298 g/mol. The Morgan fingerprint density at radius 3 is 2.33 bits per heavy atom. The highest BCUT2D eigenvalue weighted by Crippen LogP contribution is 2.24. The molecule has 0 aliphatic rings. The standard InChI is InChI=1S/C10H14ClNO4S2/c1-17(13,14)5-2-6-18(15,16)10-7-8(11)3-4-9(10)12/h3-4,7H,2,5-6,12H2,1H3. The number of benzene rings is 1. The first-order valence-corrected chi connectivity index (χ1v) is 9.16. The van der Waals surface area contributed by atoms with Gasteiger partial charge >= 0.3 is 0 Å². The number of halogens is 1. The predicted octanol–water partition coefficient (Wildman–Crippen LogP) is 1.13. The lowest BCUT2D eigenvalue weighted by atomic mass is 10.3. The van der Waals surface area contributed by atoms with Crippen LogP contribution >= 0.6 is 11.6 Å². The van der Waals surface area contributed by atoms with E-state index in [4.69, 9.17) is 17.3 Å². The number of sulfone groups is 2. The quantitative estimate of drug-likeness (QED) is 0.823. The van der Waals surface area contributed by atoms with Crippen LogP contribution in [0.4, 0.5) is 5.69 Å². The van der Waals surface area contributed by atoms with Crippen molar-refractivity contribution in [2.24, 2.45) is 0 Å². The van der Waals surface area contributed by atoms with Crippen molar-refractivity contribution in [3.8, 4) is 0 Å². The van der Waals surface area contributed by atoms with Gasteiger partial charge in [-0.25, -0.2) is 16.8 Å². The summed E-state index contributed by atoms with van der Waals surface area (Å²) in [4.78, 5) is -0.0523. The summed E-state index contributed by atoms with van der Waals surface area (Å²) in [5.74, 6) is -0.447. The summed E-state index contributed by atoms with van der Waals surface area (Å²) in [6, 6.07) is 4.17. The molecule has 0 amide bonds. The van der Waals surface area contributed by atoms with E-state index in [-0.39, 0.29) is 33.5 Å². The number of nitrogens with two attached hydrogens (primary N) is 1. The Balaban J connectivity index is 2.90. The summed E-state index contributed by atoms with van der Waals surface area (Å²) in [6.07, 6.45) is 1.10. The van der Waals surface area contributed by atoms with Gasteiger partial charge in [0.25, 0.3) is 0 Å². The highest BCUT2D eigenvalue weighted by molar-refractivity contribution is 7.92. The Morgan fingerprint density at radius 1 is 1.17 bits per heavy atom. The van der Waals surface area contributed by atoms with E-state index in [0.717, 1.165) is 6.26 Å². The van der Waals surface area contributed by atoms with Crippen LogP contribution < -0.4 is 5.73 Å². The maximum Gasteiger partial charge on any atom is 0.180 e. The third-order valence-electron chi connectivity index (χ3n) is 2.24. The van der Waals surface area contributed by atoms with E-state index in [1.807, 2.05) is 0 Å². The molecule has 0 bridgehead atoms. The number of rotatable bonds is 5. The zero-order valence-electron chi connectivity index (χ0n) is 9.76. The van der Waals surface area contributed by atoms with Crippen LogP contribution in [0, 0.1) is 0 Å². The molecule has 0 aliphatic carbocycles. The van der Waals surface area contributed by atoms with Crippen molar-refractivity contribution in [3.05, 3.63) is 23.2 Å². The Morgan fingerprint density at radius 2 is 1.78 bits per heavy atom. The van der Waals surface area contributed by atoms with Crippen molar-refractivity contribution in [3.63, 3.8) is 0 Å². The van der Waals surface area contributed by atoms with E-state index < -0.39 is 19.7 Å². The van der Waals surface area contributed by atoms with E-state index >= 15 is 0 Å². The van der Waals surface area contributed by atoms with E-state index in [9.17, 15) is 16.8 Å². The van der Waals surface area contributed by atoms with Gasteiger partial charge in [0, 0.05) is 11.3 Å². The first kappa shape index (κ1) is 15.3. The number of anilines is 1. The number of nitrogen functional groups attached to an aromatic ring is 1. The van der Waals surface area contributed by atoms with Crippen molar-refractivity contribution in [1.82, 2.24) is 0 Å². The summed E-state index contributed by atoms with van der Waals surface area (Å²) >= 11 is 5.71. The zero-order chi connectivity index (χ0) is 14.0. The van der Waals surface area contributed by atoms with Crippen LogP contribution in [0.1, 0.15) is 6.42 Å². The van der Waals surface area contributed by atoms with Crippen LogP contribution in [0.5, 0.6) is 0 Å². The molecule has 5 nitrogen and oxygen atoms in total. The normalized spacial score (nSPS) is 12.6. The minimum absolute atomic E-state index is 0.0348. The Hall–Kier alpha value is -0.790. The van der Waals surface area contributed by atoms with Crippen molar-refractivity contribution in [2.75, 3.05) is 23.5 Å². The fourth-order valence-corrected chi connectivity index (χ4v) is 3.96. The Labute approximate surface area is 112 Å². The van der Waals surface area contributed by atoms with Crippen molar-refractivity contribution < 1.29 is 16.8 Å². The van der Waals surface area contributed by atoms with Gasteiger partial charge in [-0.2, -0.15) is 0 Å².